The Bertz CT molecular complexity index is 807. The Hall–Kier alpha value is -2.66. The quantitative estimate of drug-likeness (QED) is 0.925. The van der Waals surface area contributed by atoms with Gasteiger partial charge in [0, 0.05) is 43.0 Å². The Labute approximate surface area is 154 Å². The lowest BCUT2D eigenvalue weighted by Gasteiger charge is -2.32. The number of likely N-dealkylation sites (N-methyl/N-ethyl adjacent to an activating group) is 1. The fourth-order valence-corrected chi connectivity index (χ4v) is 3.07. The number of rotatable bonds is 3. The van der Waals surface area contributed by atoms with Crippen LogP contribution in [-0.4, -0.2) is 54.8 Å². The van der Waals surface area contributed by atoms with E-state index in [0.717, 1.165) is 37.3 Å². The van der Waals surface area contributed by atoms with Gasteiger partial charge in [-0.05, 0) is 56.8 Å². The van der Waals surface area contributed by atoms with Gasteiger partial charge in [0.2, 0.25) is 0 Å². The first kappa shape index (κ1) is 18.1. The van der Waals surface area contributed by atoms with Gasteiger partial charge in [-0.25, -0.2) is 0 Å². The van der Waals surface area contributed by atoms with E-state index in [9.17, 15) is 9.59 Å². The highest BCUT2D eigenvalue weighted by atomic mass is 16.2. The highest BCUT2D eigenvalue weighted by Gasteiger charge is 2.21. The molecule has 0 aromatic heterocycles. The average Bonchev–Trinajstić information content (AvgIpc) is 2.62. The van der Waals surface area contributed by atoms with Crippen LogP contribution >= 0.6 is 0 Å². The number of aryl methyl sites for hydroxylation is 2. The zero-order valence-corrected chi connectivity index (χ0v) is 15.6. The molecule has 0 saturated carbocycles. The van der Waals surface area contributed by atoms with Gasteiger partial charge < -0.3 is 15.1 Å². The number of piperazine rings is 1. The molecule has 2 aromatic carbocycles. The van der Waals surface area contributed by atoms with E-state index < -0.39 is 0 Å². The monoisotopic (exact) mass is 351 g/mol. The molecular formula is C21H25N3O2. The van der Waals surface area contributed by atoms with Crippen molar-refractivity contribution in [1.29, 1.82) is 0 Å². The van der Waals surface area contributed by atoms with Crippen molar-refractivity contribution in [3.8, 4) is 0 Å². The van der Waals surface area contributed by atoms with Gasteiger partial charge in [-0.2, -0.15) is 0 Å². The maximum atomic E-state index is 12.7. The molecule has 1 aliphatic heterocycles. The summed E-state index contributed by atoms with van der Waals surface area (Å²) in [5.41, 5.74) is 4.00. The Morgan fingerprint density at radius 1 is 0.923 bits per heavy atom. The van der Waals surface area contributed by atoms with E-state index in [1.807, 2.05) is 49.1 Å². The molecule has 1 heterocycles. The zero-order valence-electron chi connectivity index (χ0n) is 15.6. The first-order valence-electron chi connectivity index (χ1n) is 8.90. The lowest BCUT2D eigenvalue weighted by atomic mass is 10.1. The molecule has 3 rings (SSSR count). The van der Waals surface area contributed by atoms with Gasteiger partial charge in [0.05, 0.1) is 0 Å². The molecule has 2 aromatic rings. The van der Waals surface area contributed by atoms with E-state index in [1.165, 1.54) is 0 Å². The number of benzene rings is 2. The average molecular weight is 351 g/mol. The molecule has 1 fully saturated rings. The Morgan fingerprint density at radius 2 is 1.58 bits per heavy atom. The highest BCUT2D eigenvalue weighted by molar-refractivity contribution is 6.04. The van der Waals surface area contributed by atoms with Gasteiger partial charge in [-0.3, -0.25) is 9.59 Å². The molecule has 1 saturated heterocycles. The van der Waals surface area contributed by atoms with Crippen molar-refractivity contribution in [2.45, 2.75) is 13.8 Å². The first-order chi connectivity index (χ1) is 12.4. The summed E-state index contributed by atoms with van der Waals surface area (Å²) >= 11 is 0. The molecule has 136 valence electrons. The number of anilines is 1. The molecule has 0 aliphatic carbocycles. The molecule has 1 N–H and O–H groups in total. The minimum Gasteiger partial charge on any atom is -0.336 e. The second kappa shape index (κ2) is 7.70. The SMILES string of the molecule is Cc1ccc(C(=O)Nc2ccc(C(=O)N3CCN(C)CC3)c(C)c2)cc1. The van der Waals surface area contributed by atoms with E-state index in [4.69, 9.17) is 0 Å². The third-order valence-corrected chi connectivity index (χ3v) is 4.82. The van der Waals surface area contributed by atoms with Crippen molar-refractivity contribution in [1.82, 2.24) is 9.80 Å². The van der Waals surface area contributed by atoms with Crippen molar-refractivity contribution < 1.29 is 9.59 Å². The minimum atomic E-state index is -0.150. The van der Waals surface area contributed by atoms with E-state index in [1.54, 1.807) is 12.1 Å². The Kier molecular flexibility index (Phi) is 5.38. The molecule has 26 heavy (non-hydrogen) atoms. The van der Waals surface area contributed by atoms with Crippen molar-refractivity contribution in [3.05, 3.63) is 64.7 Å². The van der Waals surface area contributed by atoms with E-state index in [-0.39, 0.29) is 11.8 Å². The standard InChI is InChI=1S/C21H25N3O2/c1-15-4-6-17(7-5-15)20(25)22-18-8-9-19(16(2)14-18)21(26)24-12-10-23(3)11-13-24/h4-9,14H,10-13H2,1-3H3,(H,22,25). The van der Waals surface area contributed by atoms with Gasteiger partial charge in [-0.1, -0.05) is 17.7 Å². The molecule has 0 spiro atoms. The maximum Gasteiger partial charge on any atom is 0.255 e. The predicted octanol–water partition coefficient (Wildman–Crippen LogP) is 2.94. The lowest BCUT2D eigenvalue weighted by molar-refractivity contribution is 0.0663. The zero-order chi connectivity index (χ0) is 18.7. The van der Waals surface area contributed by atoms with Crippen LogP contribution in [0.25, 0.3) is 0 Å². The summed E-state index contributed by atoms with van der Waals surface area (Å²) in [5, 5.41) is 2.90. The Balaban J connectivity index is 1.70. The summed E-state index contributed by atoms with van der Waals surface area (Å²) < 4.78 is 0. The van der Waals surface area contributed by atoms with Gasteiger partial charge in [0.15, 0.2) is 0 Å². The smallest absolute Gasteiger partial charge is 0.255 e. The minimum absolute atomic E-state index is 0.0620. The maximum absolute atomic E-state index is 12.7. The van der Waals surface area contributed by atoms with Crippen LogP contribution in [0.1, 0.15) is 31.8 Å². The van der Waals surface area contributed by atoms with Crippen molar-refractivity contribution >= 4 is 17.5 Å². The van der Waals surface area contributed by atoms with Crippen LogP contribution in [0, 0.1) is 13.8 Å². The molecule has 0 unspecified atom stereocenters. The molecule has 5 heteroatoms. The van der Waals surface area contributed by atoms with E-state index in [0.29, 0.717) is 16.8 Å². The van der Waals surface area contributed by atoms with Crippen molar-refractivity contribution in [3.63, 3.8) is 0 Å². The van der Waals surface area contributed by atoms with Crippen LogP contribution in [0.15, 0.2) is 42.5 Å². The van der Waals surface area contributed by atoms with Gasteiger partial charge in [0.1, 0.15) is 0 Å². The van der Waals surface area contributed by atoms with E-state index >= 15 is 0 Å². The van der Waals surface area contributed by atoms with Crippen molar-refractivity contribution in [2.75, 3.05) is 38.5 Å². The second-order valence-electron chi connectivity index (χ2n) is 6.95. The molecular weight excluding hydrogens is 326 g/mol. The lowest BCUT2D eigenvalue weighted by Crippen LogP contribution is -2.47. The van der Waals surface area contributed by atoms with Crippen LogP contribution in [-0.2, 0) is 0 Å². The number of carbonyl (C=O) groups excluding carboxylic acids is 2. The second-order valence-corrected chi connectivity index (χ2v) is 6.95. The van der Waals surface area contributed by atoms with Gasteiger partial charge >= 0.3 is 0 Å². The number of nitrogens with one attached hydrogen (secondary N) is 1. The summed E-state index contributed by atoms with van der Waals surface area (Å²) in [6.45, 7) is 7.19. The van der Waals surface area contributed by atoms with Crippen LogP contribution in [0.3, 0.4) is 0 Å². The summed E-state index contributed by atoms with van der Waals surface area (Å²) in [6.07, 6.45) is 0. The normalized spacial score (nSPS) is 15.0. The molecule has 1 aliphatic rings. The molecule has 5 nitrogen and oxygen atoms in total. The topological polar surface area (TPSA) is 52.7 Å². The predicted molar refractivity (Wildman–Crippen MR) is 104 cm³/mol. The molecule has 0 radical (unpaired) electrons. The third kappa shape index (κ3) is 4.11. The van der Waals surface area contributed by atoms with Crippen LogP contribution < -0.4 is 5.32 Å². The third-order valence-electron chi connectivity index (χ3n) is 4.82. The summed E-state index contributed by atoms with van der Waals surface area (Å²) in [4.78, 5) is 29.2. The van der Waals surface area contributed by atoms with Gasteiger partial charge in [-0.15, -0.1) is 0 Å². The number of carbonyl (C=O) groups is 2. The highest BCUT2D eigenvalue weighted by Crippen LogP contribution is 2.19. The fraction of sp³-hybridized carbons (Fsp3) is 0.333. The summed E-state index contributed by atoms with van der Waals surface area (Å²) in [5.74, 6) is -0.0884. The van der Waals surface area contributed by atoms with Crippen LogP contribution in [0.4, 0.5) is 5.69 Å². The Morgan fingerprint density at radius 3 is 2.19 bits per heavy atom. The first-order valence-corrected chi connectivity index (χ1v) is 8.90. The molecule has 0 bridgehead atoms. The van der Waals surface area contributed by atoms with Gasteiger partial charge in [0.25, 0.3) is 11.8 Å². The molecule has 0 atom stereocenters. The van der Waals surface area contributed by atoms with E-state index in [2.05, 4.69) is 17.3 Å². The molecule has 2 amide bonds. The number of hydrogen-bond acceptors (Lipinski definition) is 3. The largest absolute Gasteiger partial charge is 0.336 e. The van der Waals surface area contributed by atoms with Crippen LogP contribution in [0.2, 0.25) is 0 Å². The number of hydrogen-bond donors (Lipinski definition) is 1. The fourth-order valence-electron chi connectivity index (χ4n) is 3.07. The summed E-state index contributed by atoms with van der Waals surface area (Å²) in [6, 6.07) is 12.9. The number of amides is 2. The van der Waals surface area contributed by atoms with Crippen LogP contribution in [0.5, 0.6) is 0 Å². The summed E-state index contributed by atoms with van der Waals surface area (Å²) in [7, 11) is 2.07. The number of nitrogens with zero attached hydrogens (tertiary/aromatic N) is 2. The van der Waals surface area contributed by atoms with Crippen molar-refractivity contribution in [2.24, 2.45) is 0 Å².